The largest absolute Gasteiger partial charge is 0.309 e. The molecule has 11 heavy (non-hydrogen) atoms. The Morgan fingerprint density at radius 2 is 2.36 bits per heavy atom. The van der Waals surface area contributed by atoms with Crippen molar-refractivity contribution in [2.45, 2.75) is 44.6 Å². The molecule has 0 heterocycles. The summed E-state index contributed by atoms with van der Waals surface area (Å²) in [7, 11) is 0. The van der Waals surface area contributed by atoms with Crippen molar-refractivity contribution in [1.82, 2.24) is 0 Å². The molecule has 0 saturated heterocycles. The summed E-state index contributed by atoms with van der Waals surface area (Å²) in [5, 5.41) is 0. The average Bonchev–Trinajstić information content (AvgIpc) is 2.62. The van der Waals surface area contributed by atoms with Gasteiger partial charge in [-0.1, -0.05) is 6.92 Å². The van der Waals surface area contributed by atoms with Gasteiger partial charge in [0, 0.05) is 0 Å². The van der Waals surface area contributed by atoms with Gasteiger partial charge >= 0.3 is 0 Å². The van der Waals surface area contributed by atoms with E-state index in [1.54, 1.807) is 0 Å². The topological polar surface area (TPSA) is 9.23 Å². The SMILES string of the molecule is CCC1(OI)CC2CCC1C2. The van der Waals surface area contributed by atoms with E-state index in [1.165, 1.54) is 32.1 Å². The molecule has 0 N–H and O–H groups in total. The molecule has 2 aliphatic carbocycles. The summed E-state index contributed by atoms with van der Waals surface area (Å²) in [5.41, 5.74) is 0.281. The van der Waals surface area contributed by atoms with E-state index < -0.39 is 0 Å². The second-order valence-corrected chi connectivity index (χ2v) is 4.52. The highest BCUT2D eigenvalue weighted by Gasteiger charge is 2.50. The molecule has 0 spiro atoms. The Bertz CT molecular complexity index is 154. The summed E-state index contributed by atoms with van der Waals surface area (Å²) in [4.78, 5) is 0. The molecule has 0 radical (unpaired) electrons. The molecule has 3 atom stereocenters. The maximum absolute atomic E-state index is 5.65. The lowest BCUT2D eigenvalue weighted by Crippen LogP contribution is -2.34. The number of hydrogen-bond donors (Lipinski definition) is 0. The highest BCUT2D eigenvalue weighted by Crippen LogP contribution is 2.54. The van der Waals surface area contributed by atoms with E-state index >= 15 is 0 Å². The maximum Gasteiger partial charge on any atom is 0.110 e. The van der Waals surface area contributed by atoms with Crippen LogP contribution in [0.25, 0.3) is 0 Å². The quantitative estimate of drug-likeness (QED) is 0.697. The first-order chi connectivity index (χ1) is 5.30. The van der Waals surface area contributed by atoms with Gasteiger partial charge in [0.2, 0.25) is 0 Å². The monoisotopic (exact) mass is 266 g/mol. The molecule has 3 unspecified atom stereocenters. The zero-order valence-electron chi connectivity index (χ0n) is 6.98. The predicted molar refractivity (Wildman–Crippen MR) is 53.6 cm³/mol. The Morgan fingerprint density at radius 1 is 1.55 bits per heavy atom. The smallest absolute Gasteiger partial charge is 0.110 e. The molecule has 0 aromatic rings. The summed E-state index contributed by atoms with van der Waals surface area (Å²) in [6.07, 6.45) is 6.86. The summed E-state index contributed by atoms with van der Waals surface area (Å²) in [6.45, 7) is 2.26. The van der Waals surface area contributed by atoms with Crippen molar-refractivity contribution in [2.24, 2.45) is 11.8 Å². The number of halogens is 1. The fourth-order valence-electron chi connectivity index (χ4n) is 2.98. The predicted octanol–water partition coefficient (Wildman–Crippen LogP) is 3.32. The van der Waals surface area contributed by atoms with E-state index in [-0.39, 0.29) is 5.60 Å². The van der Waals surface area contributed by atoms with E-state index in [1.807, 2.05) is 0 Å². The lowest BCUT2D eigenvalue weighted by Gasteiger charge is -2.33. The van der Waals surface area contributed by atoms with Crippen molar-refractivity contribution in [3.8, 4) is 0 Å². The molecule has 2 saturated carbocycles. The third-order valence-electron chi connectivity index (χ3n) is 3.67. The fraction of sp³-hybridized carbons (Fsp3) is 1.00. The highest BCUT2D eigenvalue weighted by molar-refractivity contribution is 14.1. The van der Waals surface area contributed by atoms with Gasteiger partial charge in [0.25, 0.3) is 0 Å². The van der Waals surface area contributed by atoms with Gasteiger partial charge in [-0.3, -0.25) is 0 Å². The van der Waals surface area contributed by atoms with Gasteiger partial charge in [-0.15, -0.1) is 0 Å². The van der Waals surface area contributed by atoms with Crippen LogP contribution >= 0.6 is 23.0 Å². The molecule has 2 fully saturated rings. The molecule has 1 nitrogen and oxygen atoms in total. The zero-order valence-corrected chi connectivity index (χ0v) is 9.13. The summed E-state index contributed by atoms with van der Waals surface area (Å²) < 4.78 is 5.65. The zero-order chi connectivity index (χ0) is 7.90. The minimum absolute atomic E-state index is 0.281. The van der Waals surface area contributed by atoms with Crippen molar-refractivity contribution in [3.05, 3.63) is 0 Å². The number of rotatable bonds is 2. The number of fused-ring (bicyclic) bond motifs is 2. The van der Waals surface area contributed by atoms with Crippen molar-refractivity contribution in [3.63, 3.8) is 0 Å². The second-order valence-electron chi connectivity index (χ2n) is 4.08. The minimum Gasteiger partial charge on any atom is -0.309 e. The Balaban J connectivity index is 2.14. The normalized spacial score (nSPS) is 48.5. The maximum atomic E-state index is 5.65. The molecule has 2 heteroatoms. The van der Waals surface area contributed by atoms with Gasteiger partial charge in [-0.2, -0.15) is 0 Å². The molecule has 2 aliphatic rings. The third-order valence-corrected chi connectivity index (χ3v) is 4.55. The summed E-state index contributed by atoms with van der Waals surface area (Å²) >= 11 is 2.10. The first-order valence-electron chi connectivity index (χ1n) is 4.60. The molecule has 0 amide bonds. The lowest BCUT2D eigenvalue weighted by molar-refractivity contribution is 0.0530. The molecule has 0 aliphatic heterocycles. The van der Waals surface area contributed by atoms with Crippen molar-refractivity contribution < 1.29 is 3.07 Å². The Morgan fingerprint density at radius 3 is 2.64 bits per heavy atom. The van der Waals surface area contributed by atoms with E-state index in [0.717, 1.165) is 11.8 Å². The van der Waals surface area contributed by atoms with Gasteiger partial charge in [0.1, 0.15) is 23.0 Å². The highest BCUT2D eigenvalue weighted by atomic mass is 127. The van der Waals surface area contributed by atoms with Crippen LogP contribution in [0.15, 0.2) is 0 Å². The number of hydrogen-bond acceptors (Lipinski definition) is 1. The summed E-state index contributed by atoms with van der Waals surface area (Å²) in [6, 6.07) is 0. The van der Waals surface area contributed by atoms with Gasteiger partial charge in [0.05, 0.1) is 5.60 Å². The second kappa shape index (κ2) is 2.87. The van der Waals surface area contributed by atoms with Crippen molar-refractivity contribution >= 4 is 23.0 Å². The van der Waals surface area contributed by atoms with E-state index in [4.69, 9.17) is 3.07 Å². The Kier molecular flexibility index (Phi) is 2.17. The van der Waals surface area contributed by atoms with Crippen LogP contribution < -0.4 is 0 Å². The van der Waals surface area contributed by atoms with Crippen LogP contribution in [0.5, 0.6) is 0 Å². The van der Waals surface area contributed by atoms with Crippen molar-refractivity contribution in [1.29, 1.82) is 0 Å². The van der Waals surface area contributed by atoms with Gasteiger partial charge in [-0.25, -0.2) is 0 Å². The van der Waals surface area contributed by atoms with Crippen LogP contribution in [-0.2, 0) is 3.07 Å². The van der Waals surface area contributed by atoms with Crippen LogP contribution in [0.1, 0.15) is 39.0 Å². The third kappa shape index (κ3) is 1.13. The van der Waals surface area contributed by atoms with Crippen molar-refractivity contribution in [2.75, 3.05) is 0 Å². The molecular formula is C9H15IO. The van der Waals surface area contributed by atoms with Crippen LogP contribution in [0.4, 0.5) is 0 Å². The van der Waals surface area contributed by atoms with Crippen LogP contribution in [0.3, 0.4) is 0 Å². The molecule has 0 aromatic heterocycles. The first-order valence-corrected chi connectivity index (χ1v) is 5.48. The molecule has 2 bridgehead atoms. The van der Waals surface area contributed by atoms with Gasteiger partial charge < -0.3 is 3.07 Å². The standard InChI is InChI=1S/C9H15IO/c1-2-9(11-10)6-7-3-4-8(9)5-7/h7-8H,2-6H2,1H3. The molecule has 0 aromatic carbocycles. The minimum atomic E-state index is 0.281. The van der Waals surface area contributed by atoms with Crippen LogP contribution in [0, 0.1) is 11.8 Å². The fourth-order valence-corrected chi connectivity index (χ4v) is 3.83. The van der Waals surface area contributed by atoms with Gasteiger partial charge in [0.15, 0.2) is 0 Å². The average molecular weight is 266 g/mol. The summed E-state index contributed by atoms with van der Waals surface area (Å²) in [5.74, 6) is 1.88. The van der Waals surface area contributed by atoms with Crippen LogP contribution in [0.2, 0.25) is 0 Å². The first kappa shape index (κ1) is 8.30. The Labute approximate surface area is 82.6 Å². The van der Waals surface area contributed by atoms with Crippen LogP contribution in [-0.4, -0.2) is 5.60 Å². The van der Waals surface area contributed by atoms with E-state index in [0.29, 0.717) is 0 Å². The molecular weight excluding hydrogens is 251 g/mol. The molecule has 2 rings (SSSR count). The van der Waals surface area contributed by atoms with E-state index in [2.05, 4.69) is 29.9 Å². The Hall–Kier alpha value is 0.690. The van der Waals surface area contributed by atoms with E-state index in [9.17, 15) is 0 Å². The molecule has 64 valence electrons. The van der Waals surface area contributed by atoms with Gasteiger partial charge in [-0.05, 0) is 43.9 Å². The lowest BCUT2D eigenvalue weighted by atomic mass is 9.82.